The second-order valence-corrected chi connectivity index (χ2v) is 14.9. The number of epoxide rings is 4. The molecule has 4 unspecified atom stereocenters. The molecular weight excluding hydrogens is 569 g/mol. The molecular formula is C24H38N4O6S4. The van der Waals surface area contributed by atoms with E-state index in [1.54, 1.807) is 0 Å². The van der Waals surface area contributed by atoms with Crippen LogP contribution in [0.4, 0.5) is 9.59 Å². The van der Waals surface area contributed by atoms with E-state index < -0.39 is 0 Å². The SMILES string of the molecule is O=C1N(CCSCC2CO2)C2C(N1CCSCC1CO1)N(CCSCC1CO1)C(=O)N2CCSCC1CO1. The van der Waals surface area contributed by atoms with E-state index in [2.05, 4.69) is 0 Å². The highest BCUT2D eigenvalue weighted by Gasteiger charge is 2.58. The molecule has 4 atom stereocenters. The van der Waals surface area contributed by atoms with E-state index in [1.807, 2.05) is 66.6 Å². The number of thioether (sulfide) groups is 4. The molecule has 0 aromatic heterocycles. The summed E-state index contributed by atoms with van der Waals surface area (Å²) in [6, 6.07) is 0.124. The second kappa shape index (κ2) is 13.2. The molecule has 38 heavy (non-hydrogen) atoms. The molecule has 0 N–H and O–H groups in total. The van der Waals surface area contributed by atoms with Gasteiger partial charge in [0.25, 0.3) is 0 Å². The van der Waals surface area contributed by atoms with Crippen molar-refractivity contribution in [2.24, 2.45) is 0 Å². The summed E-state index contributed by atoms with van der Waals surface area (Å²) >= 11 is 7.34. The Kier molecular flexibility index (Phi) is 9.68. The van der Waals surface area contributed by atoms with Crippen LogP contribution in [0.5, 0.6) is 0 Å². The van der Waals surface area contributed by atoms with Gasteiger partial charge in [-0.2, -0.15) is 47.0 Å². The summed E-state index contributed by atoms with van der Waals surface area (Å²) in [7, 11) is 0. The average molecular weight is 607 g/mol. The van der Waals surface area contributed by atoms with Gasteiger partial charge in [0.2, 0.25) is 0 Å². The molecule has 0 aliphatic carbocycles. The summed E-state index contributed by atoms with van der Waals surface area (Å²) in [5, 5.41) is 0. The van der Waals surface area contributed by atoms with E-state index in [0.29, 0.717) is 50.6 Å². The van der Waals surface area contributed by atoms with Crippen molar-refractivity contribution in [2.75, 3.05) is 98.6 Å². The standard InChI is InChI=1S/C24H38N4O6S4/c29-23-25(1-5-35-13-17-9-31-17)21-22(27(23)3-7-37-15-19-11-33-19)28(4-8-38-16-20-12-34-20)24(30)26(21)2-6-36-14-18-10-32-18/h17-22H,1-16H2. The number of carbonyl (C=O) groups is 2. The van der Waals surface area contributed by atoms with Crippen LogP contribution >= 0.6 is 47.0 Å². The van der Waals surface area contributed by atoms with Gasteiger partial charge in [-0.1, -0.05) is 0 Å². The fraction of sp³-hybridized carbons (Fsp3) is 0.917. The molecule has 14 heteroatoms. The molecule has 6 saturated heterocycles. The highest BCUT2D eigenvalue weighted by atomic mass is 32.2. The highest BCUT2D eigenvalue weighted by molar-refractivity contribution is 8.00. The van der Waals surface area contributed by atoms with Crippen molar-refractivity contribution >= 4 is 59.1 Å². The molecule has 6 aliphatic rings. The highest BCUT2D eigenvalue weighted by Crippen LogP contribution is 2.36. The first-order valence-corrected chi connectivity index (χ1v) is 18.2. The largest absolute Gasteiger partial charge is 0.372 e. The molecule has 214 valence electrons. The Balaban J connectivity index is 1.12. The lowest BCUT2D eigenvalue weighted by atomic mass is 10.3. The lowest BCUT2D eigenvalue weighted by Gasteiger charge is -2.30. The van der Waals surface area contributed by atoms with Gasteiger partial charge in [-0.25, -0.2) is 9.59 Å². The van der Waals surface area contributed by atoms with Crippen molar-refractivity contribution in [1.82, 2.24) is 19.6 Å². The maximum atomic E-state index is 13.8. The Hall–Kier alpha value is -0.220. The van der Waals surface area contributed by atoms with Crippen LogP contribution in [0.25, 0.3) is 0 Å². The zero-order chi connectivity index (χ0) is 25.9. The van der Waals surface area contributed by atoms with Crippen molar-refractivity contribution in [3.63, 3.8) is 0 Å². The number of ether oxygens (including phenoxy) is 4. The summed E-state index contributed by atoms with van der Waals surface area (Å²) < 4.78 is 21.4. The maximum absolute atomic E-state index is 13.8. The summed E-state index contributed by atoms with van der Waals surface area (Å²) in [6.45, 7) is 5.98. The van der Waals surface area contributed by atoms with E-state index in [-0.39, 0.29) is 24.4 Å². The van der Waals surface area contributed by atoms with Gasteiger partial charge in [-0.15, -0.1) is 0 Å². The first kappa shape index (κ1) is 27.9. The van der Waals surface area contributed by atoms with Crippen molar-refractivity contribution in [2.45, 2.75) is 36.7 Å². The van der Waals surface area contributed by atoms with Crippen molar-refractivity contribution < 1.29 is 28.5 Å². The molecule has 6 rings (SSSR count). The second-order valence-electron chi connectivity index (χ2n) is 10.3. The molecule has 4 amide bonds. The molecule has 0 spiro atoms. The van der Waals surface area contributed by atoms with Gasteiger partial charge in [0.05, 0.1) is 50.8 Å². The predicted octanol–water partition coefficient (Wildman–Crippen LogP) is 1.64. The van der Waals surface area contributed by atoms with Crippen LogP contribution in [0, 0.1) is 0 Å². The molecule has 10 nitrogen and oxygen atoms in total. The van der Waals surface area contributed by atoms with Crippen molar-refractivity contribution in [3.8, 4) is 0 Å². The number of hydrogen-bond acceptors (Lipinski definition) is 10. The number of carbonyl (C=O) groups excluding carboxylic acids is 2. The minimum Gasteiger partial charge on any atom is -0.372 e. The van der Waals surface area contributed by atoms with E-state index in [1.165, 1.54) is 0 Å². The molecule has 6 heterocycles. The number of nitrogens with zero attached hydrogens (tertiary/aromatic N) is 4. The summed E-state index contributed by atoms with van der Waals surface area (Å²) in [5.74, 6) is 7.28. The van der Waals surface area contributed by atoms with Crippen LogP contribution in [0.1, 0.15) is 0 Å². The number of rotatable bonds is 20. The Morgan fingerprint density at radius 3 is 0.947 bits per heavy atom. The fourth-order valence-electron chi connectivity index (χ4n) is 4.84. The Bertz CT molecular complexity index is 706. The number of amides is 4. The first-order chi connectivity index (χ1) is 18.7. The minimum atomic E-state index is -0.237. The van der Waals surface area contributed by atoms with Crippen LogP contribution in [-0.2, 0) is 18.9 Å². The third kappa shape index (κ3) is 7.54. The zero-order valence-corrected chi connectivity index (χ0v) is 24.9. The molecule has 0 bridgehead atoms. The van der Waals surface area contributed by atoms with Gasteiger partial charge in [0.15, 0.2) is 0 Å². The average Bonchev–Trinajstić information content (AvgIpc) is 3.74. The van der Waals surface area contributed by atoms with E-state index in [0.717, 1.165) is 72.5 Å². The minimum absolute atomic E-state index is 0.0621. The Morgan fingerprint density at radius 1 is 0.500 bits per heavy atom. The predicted molar refractivity (Wildman–Crippen MR) is 153 cm³/mol. The van der Waals surface area contributed by atoms with Crippen molar-refractivity contribution in [3.05, 3.63) is 0 Å². The molecule has 0 aromatic rings. The Labute approximate surface area is 241 Å². The quantitative estimate of drug-likeness (QED) is 0.150. The molecule has 6 fully saturated rings. The van der Waals surface area contributed by atoms with Gasteiger partial charge in [-0.3, -0.25) is 19.6 Å². The van der Waals surface area contributed by atoms with Crippen LogP contribution in [0.15, 0.2) is 0 Å². The summed E-state index contributed by atoms with van der Waals surface area (Å²) in [5.41, 5.74) is 0. The van der Waals surface area contributed by atoms with Gasteiger partial charge in [-0.05, 0) is 0 Å². The van der Waals surface area contributed by atoms with Crippen molar-refractivity contribution in [1.29, 1.82) is 0 Å². The summed E-state index contributed by atoms with van der Waals surface area (Å²) in [4.78, 5) is 35.5. The lowest BCUT2D eigenvalue weighted by Crippen LogP contribution is -2.48. The zero-order valence-electron chi connectivity index (χ0n) is 21.6. The topological polar surface area (TPSA) is 97.2 Å². The van der Waals surface area contributed by atoms with Gasteiger partial charge in [0, 0.05) is 72.2 Å². The van der Waals surface area contributed by atoms with Crippen LogP contribution in [-0.4, -0.2) is 167 Å². The normalized spacial score (nSPS) is 32.9. The molecule has 0 aromatic carbocycles. The molecule has 6 aliphatic heterocycles. The van der Waals surface area contributed by atoms with Crippen LogP contribution in [0.2, 0.25) is 0 Å². The number of urea groups is 2. The summed E-state index contributed by atoms with van der Waals surface area (Å²) in [6.07, 6.45) is 1.02. The van der Waals surface area contributed by atoms with E-state index in [9.17, 15) is 9.59 Å². The van der Waals surface area contributed by atoms with Gasteiger partial charge < -0.3 is 18.9 Å². The number of fused-ring (bicyclic) bond motifs is 1. The monoisotopic (exact) mass is 606 g/mol. The van der Waals surface area contributed by atoms with Gasteiger partial charge in [0.1, 0.15) is 12.3 Å². The van der Waals surface area contributed by atoms with E-state index in [4.69, 9.17) is 18.9 Å². The molecule has 0 radical (unpaired) electrons. The Morgan fingerprint density at radius 2 is 0.737 bits per heavy atom. The van der Waals surface area contributed by atoms with Gasteiger partial charge >= 0.3 is 12.1 Å². The fourth-order valence-corrected chi connectivity index (χ4v) is 8.63. The maximum Gasteiger partial charge on any atom is 0.323 e. The van der Waals surface area contributed by atoms with Crippen LogP contribution < -0.4 is 0 Å². The smallest absolute Gasteiger partial charge is 0.323 e. The lowest BCUT2D eigenvalue weighted by molar-refractivity contribution is 0.136. The van der Waals surface area contributed by atoms with E-state index >= 15 is 0 Å². The third-order valence-electron chi connectivity index (χ3n) is 7.26. The molecule has 0 saturated carbocycles. The van der Waals surface area contributed by atoms with Crippen LogP contribution in [0.3, 0.4) is 0 Å². The third-order valence-corrected chi connectivity index (χ3v) is 11.6. The first-order valence-electron chi connectivity index (χ1n) is 13.6. The number of hydrogen-bond donors (Lipinski definition) is 0.